The van der Waals surface area contributed by atoms with Crippen LogP contribution in [0.15, 0.2) is 111 Å². The molecule has 0 saturated carbocycles. The van der Waals surface area contributed by atoms with E-state index in [1.165, 1.54) is 54.6 Å². The maximum atomic E-state index is 14.0. The number of hydrogen-bond acceptors (Lipinski definition) is 9. The Labute approximate surface area is 324 Å². The lowest BCUT2D eigenvalue weighted by Crippen LogP contribution is -2.24. The van der Waals surface area contributed by atoms with Crippen LogP contribution in [0.2, 0.25) is 10.0 Å². The van der Waals surface area contributed by atoms with Crippen LogP contribution in [0, 0.1) is 5.41 Å². The van der Waals surface area contributed by atoms with Crippen molar-refractivity contribution in [1.29, 1.82) is 5.41 Å². The second kappa shape index (κ2) is 13.6. The number of phenolic OH excluding ortho intramolecular Hbond substituents is 1. The van der Waals surface area contributed by atoms with Crippen molar-refractivity contribution in [2.75, 3.05) is 5.73 Å². The molecule has 12 nitrogen and oxygen atoms in total. The van der Waals surface area contributed by atoms with Gasteiger partial charge >= 0.3 is 11.9 Å². The molecule has 14 heteroatoms. The molecule has 0 aromatic heterocycles. The molecule has 0 radical (unpaired) electrons. The standard InChI is InChI=1S/C42H25Cl2N3O9/c43-30-16-29(39(44)38(37(30)42(53)54)36-26-7-2-19(45)12-31(26)55-32-13-20(46)3-8-27(32)36)40(50)47-17-18-1-6-23(41(51)52)28(11-18)35-24-9-4-21(48)14-33(24)56-34-15-22(49)5-10-25(34)35/h1-16,45,48H,17,46H2,(H,47,50)(H,51,52)(H,53,54). The van der Waals surface area contributed by atoms with Crippen LogP contribution >= 0.6 is 23.2 Å². The van der Waals surface area contributed by atoms with Gasteiger partial charge in [-0.15, -0.1) is 0 Å². The maximum Gasteiger partial charge on any atom is 0.337 e. The average Bonchev–Trinajstić information content (AvgIpc) is 3.15. The summed E-state index contributed by atoms with van der Waals surface area (Å²) in [5, 5.41) is 42.3. The molecule has 0 unspecified atom stereocenters. The van der Waals surface area contributed by atoms with Gasteiger partial charge in [-0.25, -0.2) is 9.59 Å². The van der Waals surface area contributed by atoms with E-state index in [2.05, 4.69) is 5.32 Å². The maximum absolute atomic E-state index is 14.0. The molecule has 2 aliphatic heterocycles. The molecule has 0 fully saturated rings. The fourth-order valence-electron chi connectivity index (χ4n) is 6.93. The minimum atomic E-state index is -1.41. The van der Waals surface area contributed by atoms with Gasteiger partial charge in [-0.05, 0) is 77.9 Å². The Bertz CT molecular complexity index is 3060. The lowest BCUT2D eigenvalue weighted by atomic mass is 9.89. The predicted molar refractivity (Wildman–Crippen MR) is 210 cm³/mol. The van der Waals surface area contributed by atoms with E-state index in [1.54, 1.807) is 36.4 Å². The number of amides is 1. The van der Waals surface area contributed by atoms with Gasteiger partial charge in [0.1, 0.15) is 28.4 Å². The lowest BCUT2D eigenvalue weighted by molar-refractivity contribution is 0.0687. The van der Waals surface area contributed by atoms with Gasteiger partial charge in [-0.3, -0.25) is 9.59 Å². The smallest absolute Gasteiger partial charge is 0.337 e. The molecule has 4 aromatic rings. The van der Waals surface area contributed by atoms with Crippen LogP contribution in [-0.2, 0) is 6.54 Å². The number of nitrogen functional groups attached to an aromatic ring is 1. The van der Waals surface area contributed by atoms with E-state index < -0.39 is 17.8 Å². The first-order valence-electron chi connectivity index (χ1n) is 16.7. The van der Waals surface area contributed by atoms with Crippen LogP contribution in [0.25, 0.3) is 66.8 Å². The van der Waals surface area contributed by atoms with Gasteiger partial charge in [-0.1, -0.05) is 29.3 Å². The molecule has 2 aliphatic carbocycles. The van der Waals surface area contributed by atoms with Gasteiger partial charge in [0, 0.05) is 75.1 Å². The first-order chi connectivity index (χ1) is 26.8. The lowest BCUT2D eigenvalue weighted by Gasteiger charge is -2.20. The van der Waals surface area contributed by atoms with E-state index in [-0.39, 0.29) is 83.6 Å². The number of fused-ring (bicyclic) bond motifs is 4. The number of carboxylic acid groups (broad SMARTS) is 2. The Kier molecular flexibility index (Phi) is 8.71. The van der Waals surface area contributed by atoms with Crippen LogP contribution in [-0.4, -0.2) is 33.2 Å². The number of benzene rings is 6. The molecule has 0 atom stereocenters. The highest BCUT2D eigenvalue weighted by atomic mass is 35.5. The molecule has 0 bridgehead atoms. The summed E-state index contributed by atoms with van der Waals surface area (Å²) in [5.41, 5.74) is 8.17. The highest BCUT2D eigenvalue weighted by Crippen LogP contribution is 2.47. The topological polar surface area (TPSA) is 217 Å². The van der Waals surface area contributed by atoms with Gasteiger partial charge in [0.15, 0.2) is 5.43 Å². The Morgan fingerprint density at radius 2 is 1.38 bits per heavy atom. The predicted octanol–water partition coefficient (Wildman–Crippen LogP) is 8.48. The molecule has 0 spiro atoms. The third kappa shape index (κ3) is 6.12. The van der Waals surface area contributed by atoms with Crippen molar-refractivity contribution in [2.24, 2.45) is 0 Å². The third-order valence-electron chi connectivity index (χ3n) is 9.38. The number of phenols is 1. The summed E-state index contributed by atoms with van der Waals surface area (Å²) in [5.74, 6) is -3.06. The number of nitrogens with one attached hydrogen (secondary N) is 2. The molecule has 1 amide bonds. The van der Waals surface area contributed by atoms with Crippen molar-refractivity contribution in [3.05, 3.63) is 145 Å². The van der Waals surface area contributed by atoms with Crippen molar-refractivity contribution in [3.8, 4) is 50.7 Å². The van der Waals surface area contributed by atoms with Crippen LogP contribution in [0.4, 0.5) is 5.69 Å². The second-order valence-corrected chi connectivity index (χ2v) is 13.7. The number of hydrogen-bond donors (Lipinski definition) is 6. The summed E-state index contributed by atoms with van der Waals surface area (Å²) in [6, 6.07) is 23.5. The van der Waals surface area contributed by atoms with Crippen LogP contribution in [0.5, 0.6) is 5.75 Å². The summed E-state index contributed by atoms with van der Waals surface area (Å²) >= 11 is 13.6. The molecule has 276 valence electrons. The average molecular weight is 787 g/mol. The van der Waals surface area contributed by atoms with E-state index >= 15 is 0 Å². The van der Waals surface area contributed by atoms with E-state index in [0.717, 1.165) is 6.07 Å². The summed E-state index contributed by atoms with van der Waals surface area (Å²) < 4.78 is 12.0. The Balaban J connectivity index is 1.24. The third-order valence-corrected chi connectivity index (χ3v) is 10.1. The number of anilines is 1. The highest BCUT2D eigenvalue weighted by molar-refractivity contribution is 6.41. The van der Waals surface area contributed by atoms with Crippen molar-refractivity contribution in [3.63, 3.8) is 0 Å². The van der Waals surface area contributed by atoms with E-state index in [0.29, 0.717) is 44.3 Å². The van der Waals surface area contributed by atoms with E-state index in [9.17, 15) is 34.5 Å². The number of carbonyl (C=O) groups excluding carboxylic acids is 1. The Morgan fingerprint density at radius 3 is 2.12 bits per heavy atom. The summed E-state index contributed by atoms with van der Waals surface area (Å²) in [7, 11) is 0. The number of aromatic hydroxyl groups is 1. The van der Waals surface area contributed by atoms with E-state index in [4.69, 9.17) is 43.2 Å². The monoisotopic (exact) mass is 785 g/mol. The number of aromatic carboxylic acids is 2. The Hall–Kier alpha value is -7.15. The molecule has 2 heterocycles. The molecular weight excluding hydrogens is 761 g/mol. The van der Waals surface area contributed by atoms with Crippen molar-refractivity contribution < 1.29 is 38.5 Å². The SMILES string of the molecule is N=c1ccc2c(-c3c(Cl)c(C(=O)NCc4ccc(C(=O)O)c(-c5c6ccc(=O)cc-6oc6cc(O)ccc56)c4)cc(Cl)c3C(=O)O)c3ccc(N)cc3oc-2c1. The fraction of sp³-hybridized carbons (Fsp3) is 0.0238. The first kappa shape index (κ1) is 35.9. The molecule has 8 rings (SSSR count). The summed E-state index contributed by atoms with van der Waals surface area (Å²) in [6.45, 7) is -0.143. The molecule has 56 heavy (non-hydrogen) atoms. The molecular formula is C42H25Cl2N3O9. The normalized spacial score (nSPS) is 11.4. The largest absolute Gasteiger partial charge is 0.508 e. The van der Waals surface area contributed by atoms with Crippen LogP contribution < -0.4 is 21.8 Å². The second-order valence-electron chi connectivity index (χ2n) is 12.9. The first-order valence-corrected chi connectivity index (χ1v) is 17.5. The zero-order valence-electron chi connectivity index (χ0n) is 28.6. The van der Waals surface area contributed by atoms with Gasteiger partial charge in [0.2, 0.25) is 0 Å². The number of carbonyl (C=O) groups is 3. The van der Waals surface area contributed by atoms with Gasteiger partial charge in [0.05, 0.1) is 32.1 Å². The van der Waals surface area contributed by atoms with Gasteiger partial charge < -0.3 is 40.6 Å². The molecule has 7 N–H and O–H groups in total. The van der Waals surface area contributed by atoms with Crippen LogP contribution in [0.3, 0.4) is 0 Å². The zero-order valence-corrected chi connectivity index (χ0v) is 30.1. The highest BCUT2D eigenvalue weighted by Gasteiger charge is 2.30. The quantitative estimate of drug-likeness (QED) is 0.0669. The number of nitrogens with two attached hydrogens (primary N) is 1. The van der Waals surface area contributed by atoms with Gasteiger partial charge in [-0.2, -0.15) is 0 Å². The Morgan fingerprint density at radius 1 is 0.696 bits per heavy atom. The van der Waals surface area contributed by atoms with Crippen molar-refractivity contribution in [2.45, 2.75) is 6.54 Å². The van der Waals surface area contributed by atoms with Crippen molar-refractivity contribution >= 4 is 68.7 Å². The van der Waals surface area contributed by atoms with Crippen LogP contribution in [0.1, 0.15) is 36.6 Å². The molecule has 4 aliphatic rings. The zero-order chi connectivity index (χ0) is 39.6. The summed E-state index contributed by atoms with van der Waals surface area (Å²) in [6.07, 6.45) is 0. The van der Waals surface area contributed by atoms with Gasteiger partial charge in [0.25, 0.3) is 5.91 Å². The van der Waals surface area contributed by atoms with Crippen molar-refractivity contribution in [1.82, 2.24) is 5.32 Å². The minimum Gasteiger partial charge on any atom is -0.508 e. The summed E-state index contributed by atoms with van der Waals surface area (Å²) in [4.78, 5) is 51.6. The fourth-order valence-corrected chi connectivity index (χ4v) is 7.55. The minimum absolute atomic E-state index is 0.0567. The number of carboxylic acids is 2. The molecule has 0 saturated heterocycles. The number of rotatable bonds is 7. The molecule has 4 aromatic carbocycles. The van der Waals surface area contributed by atoms with E-state index in [1.807, 2.05) is 0 Å². The number of halogens is 2.